The lowest BCUT2D eigenvalue weighted by Crippen LogP contribution is -2.10. The molecule has 0 aliphatic rings. The molecule has 2 aromatic carbocycles. The number of rotatable bonds is 4. The molecule has 0 aliphatic heterocycles. The average molecular weight is 317 g/mol. The summed E-state index contributed by atoms with van der Waals surface area (Å²) in [6.07, 6.45) is 1.54. The quantitative estimate of drug-likeness (QED) is 0.616. The van der Waals surface area contributed by atoms with Crippen LogP contribution >= 0.6 is 0 Å². The van der Waals surface area contributed by atoms with Gasteiger partial charge in [0, 0.05) is 10.9 Å². The fourth-order valence-electron chi connectivity index (χ4n) is 2.50. The van der Waals surface area contributed by atoms with Crippen molar-refractivity contribution in [2.75, 3.05) is 5.32 Å². The molecule has 1 unspecified atom stereocenters. The van der Waals surface area contributed by atoms with Crippen molar-refractivity contribution in [3.63, 3.8) is 0 Å². The Morgan fingerprint density at radius 3 is 2.62 bits per heavy atom. The van der Waals surface area contributed by atoms with Gasteiger partial charge in [-0.3, -0.25) is 0 Å². The molecular formula is C18H15N5O. The highest BCUT2D eigenvalue weighted by Gasteiger charge is 2.16. The molecule has 6 nitrogen and oxygen atoms in total. The molecule has 0 radical (unpaired) electrons. The normalized spacial score (nSPS) is 12.2. The van der Waals surface area contributed by atoms with Crippen molar-refractivity contribution < 1.29 is 4.52 Å². The molecule has 0 fully saturated rings. The van der Waals surface area contributed by atoms with Crippen molar-refractivity contribution in [1.82, 2.24) is 20.1 Å². The molecule has 1 atom stereocenters. The summed E-state index contributed by atoms with van der Waals surface area (Å²) in [7, 11) is 0. The molecule has 0 saturated carbocycles. The van der Waals surface area contributed by atoms with E-state index in [-0.39, 0.29) is 6.04 Å². The first-order chi connectivity index (χ1) is 11.8. The van der Waals surface area contributed by atoms with Gasteiger partial charge in [0.15, 0.2) is 5.82 Å². The van der Waals surface area contributed by atoms with Crippen LogP contribution in [0, 0.1) is 0 Å². The van der Waals surface area contributed by atoms with Crippen LogP contribution in [0.25, 0.3) is 22.4 Å². The van der Waals surface area contributed by atoms with Crippen LogP contribution < -0.4 is 5.32 Å². The molecule has 0 bridgehead atoms. The number of hydrogen-bond donors (Lipinski definition) is 1. The first-order valence-electron chi connectivity index (χ1n) is 7.66. The van der Waals surface area contributed by atoms with Crippen LogP contribution in [0.1, 0.15) is 18.8 Å². The zero-order chi connectivity index (χ0) is 16.4. The fraction of sp³-hybridized carbons (Fsp3) is 0.111. The third kappa shape index (κ3) is 2.69. The second-order valence-electron chi connectivity index (χ2n) is 5.43. The first kappa shape index (κ1) is 14.3. The van der Waals surface area contributed by atoms with Crippen molar-refractivity contribution in [2.45, 2.75) is 13.0 Å². The topological polar surface area (TPSA) is 76.7 Å². The number of benzene rings is 2. The summed E-state index contributed by atoms with van der Waals surface area (Å²) in [5.41, 5.74) is 1.79. The highest BCUT2D eigenvalue weighted by molar-refractivity contribution is 5.88. The van der Waals surface area contributed by atoms with Gasteiger partial charge in [0.2, 0.25) is 0 Å². The molecule has 4 aromatic rings. The lowest BCUT2D eigenvalue weighted by Gasteiger charge is -2.12. The Bertz CT molecular complexity index is 962. The number of aromatic nitrogens is 4. The van der Waals surface area contributed by atoms with Crippen molar-refractivity contribution in [3.05, 3.63) is 66.7 Å². The third-order valence-electron chi connectivity index (χ3n) is 3.75. The molecular weight excluding hydrogens is 302 g/mol. The van der Waals surface area contributed by atoms with E-state index in [4.69, 9.17) is 4.52 Å². The molecule has 4 rings (SSSR count). The van der Waals surface area contributed by atoms with Crippen LogP contribution in [0.3, 0.4) is 0 Å². The maximum absolute atomic E-state index is 5.36. The number of hydrogen-bond acceptors (Lipinski definition) is 6. The largest absolute Gasteiger partial charge is 0.360 e. The molecule has 0 aliphatic carbocycles. The number of para-hydroxylation sites is 1. The maximum atomic E-state index is 5.36. The zero-order valence-corrected chi connectivity index (χ0v) is 13.0. The Kier molecular flexibility index (Phi) is 3.63. The van der Waals surface area contributed by atoms with Gasteiger partial charge in [-0.1, -0.05) is 35.5 Å². The van der Waals surface area contributed by atoms with Crippen LogP contribution in [-0.4, -0.2) is 20.1 Å². The number of nitrogens with zero attached hydrogens (tertiary/aromatic N) is 4. The van der Waals surface area contributed by atoms with Crippen LogP contribution in [0.5, 0.6) is 0 Å². The van der Waals surface area contributed by atoms with Gasteiger partial charge >= 0.3 is 0 Å². The van der Waals surface area contributed by atoms with E-state index >= 15 is 0 Å². The van der Waals surface area contributed by atoms with Crippen molar-refractivity contribution >= 4 is 16.7 Å². The maximum Gasteiger partial charge on any atom is 0.257 e. The van der Waals surface area contributed by atoms with Crippen LogP contribution in [0.4, 0.5) is 5.82 Å². The van der Waals surface area contributed by atoms with Crippen LogP contribution in [0.2, 0.25) is 0 Å². The zero-order valence-electron chi connectivity index (χ0n) is 13.0. The summed E-state index contributed by atoms with van der Waals surface area (Å²) in [5.74, 6) is 1.84. The molecule has 6 heteroatoms. The predicted molar refractivity (Wildman–Crippen MR) is 91.3 cm³/mol. The van der Waals surface area contributed by atoms with Gasteiger partial charge in [-0.25, -0.2) is 9.97 Å². The number of anilines is 1. The molecule has 2 aromatic heterocycles. The third-order valence-corrected chi connectivity index (χ3v) is 3.75. The van der Waals surface area contributed by atoms with E-state index in [1.54, 1.807) is 6.33 Å². The second kappa shape index (κ2) is 6.08. The van der Waals surface area contributed by atoms with E-state index < -0.39 is 0 Å². The molecule has 0 spiro atoms. The predicted octanol–water partition coefficient (Wildman–Crippen LogP) is 3.85. The fourth-order valence-corrected chi connectivity index (χ4v) is 2.50. The lowest BCUT2D eigenvalue weighted by molar-refractivity contribution is 0.420. The van der Waals surface area contributed by atoms with Crippen molar-refractivity contribution in [1.29, 1.82) is 0 Å². The Morgan fingerprint density at radius 1 is 0.958 bits per heavy atom. The summed E-state index contributed by atoms with van der Waals surface area (Å²) in [6, 6.07) is 17.4. The van der Waals surface area contributed by atoms with Gasteiger partial charge in [0.1, 0.15) is 12.1 Å². The van der Waals surface area contributed by atoms with E-state index in [1.165, 1.54) is 0 Å². The number of nitrogens with one attached hydrogen (secondary N) is 1. The van der Waals surface area contributed by atoms with Gasteiger partial charge in [0.05, 0.1) is 11.6 Å². The van der Waals surface area contributed by atoms with Gasteiger partial charge in [0.25, 0.3) is 5.89 Å². The Morgan fingerprint density at radius 2 is 1.75 bits per heavy atom. The van der Waals surface area contributed by atoms with Crippen molar-refractivity contribution in [3.8, 4) is 11.5 Å². The summed E-state index contributed by atoms with van der Waals surface area (Å²) in [4.78, 5) is 13.1. The summed E-state index contributed by atoms with van der Waals surface area (Å²) >= 11 is 0. The van der Waals surface area contributed by atoms with Gasteiger partial charge in [-0.05, 0) is 31.2 Å². The Labute approximate surface area is 138 Å². The minimum atomic E-state index is -0.149. The van der Waals surface area contributed by atoms with Crippen LogP contribution in [-0.2, 0) is 0 Å². The highest BCUT2D eigenvalue weighted by Crippen LogP contribution is 2.24. The van der Waals surface area contributed by atoms with Crippen molar-refractivity contribution in [2.24, 2.45) is 0 Å². The standard InChI is InChI=1S/C18H15N5O/c1-12(16-22-18(24-23-16)13-7-3-2-4-8-13)21-17-14-9-5-6-10-15(14)19-11-20-17/h2-12H,1H3,(H,19,20,21). The molecule has 118 valence electrons. The SMILES string of the molecule is CC(Nc1ncnc2ccccc12)c1noc(-c2ccccc2)n1. The average Bonchev–Trinajstić information content (AvgIpc) is 3.13. The second-order valence-corrected chi connectivity index (χ2v) is 5.43. The van der Waals surface area contributed by atoms with E-state index in [9.17, 15) is 0 Å². The molecule has 0 amide bonds. The molecule has 0 saturated heterocycles. The Hall–Kier alpha value is -3.28. The summed E-state index contributed by atoms with van der Waals surface area (Å²) in [6.45, 7) is 1.97. The lowest BCUT2D eigenvalue weighted by atomic mass is 10.2. The van der Waals surface area contributed by atoms with E-state index in [0.717, 1.165) is 22.3 Å². The van der Waals surface area contributed by atoms with Crippen LogP contribution in [0.15, 0.2) is 65.4 Å². The summed E-state index contributed by atoms with van der Waals surface area (Å²) < 4.78 is 5.36. The smallest absolute Gasteiger partial charge is 0.257 e. The highest BCUT2D eigenvalue weighted by atomic mass is 16.5. The van der Waals surface area contributed by atoms with Gasteiger partial charge < -0.3 is 9.84 Å². The van der Waals surface area contributed by atoms with E-state index in [2.05, 4.69) is 25.4 Å². The van der Waals surface area contributed by atoms with E-state index in [1.807, 2.05) is 61.5 Å². The Balaban J connectivity index is 1.60. The number of fused-ring (bicyclic) bond motifs is 1. The minimum Gasteiger partial charge on any atom is -0.360 e. The minimum absolute atomic E-state index is 0.149. The monoisotopic (exact) mass is 317 g/mol. The molecule has 2 heterocycles. The first-order valence-corrected chi connectivity index (χ1v) is 7.66. The van der Waals surface area contributed by atoms with Gasteiger partial charge in [-0.15, -0.1) is 0 Å². The summed E-state index contributed by atoms with van der Waals surface area (Å²) in [5, 5.41) is 8.36. The molecule has 1 N–H and O–H groups in total. The van der Waals surface area contributed by atoms with E-state index in [0.29, 0.717) is 11.7 Å². The van der Waals surface area contributed by atoms with Gasteiger partial charge in [-0.2, -0.15) is 4.98 Å². The molecule has 24 heavy (non-hydrogen) atoms.